The van der Waals surface area contributed by atoms with Crippen LogP contribution in [0.5, 0.6) is 0 Å². The minimum absolute atomic E-state index is 0.101. The third-order valence-electron chi connectivity index (χ3n) is 3.82. The predicted molar refractivity (Wildman–Crippen MR) is 71.8 cm³/mol. The van der Waals surface area contributed by atoms with Crippen molar-refractivity contribution in [3.8, 4) is 0 Å². The van der Waals surface area contributed by atoms with Crippen LogP contribution in [-0.4, -0.2) is 23.5 Å². The molecular weight excluding hydrogens is 212 g/mol. The zero-order valence-electron chi connectivity index (χ0n) is 12.1. The Labute approximate surface area is 106 Å². The van der Waals surface area contributed by atoms with Gasteiger partial charge < -0.3 is 10.6 Å². The van der Waals surface area contributed by atoms with Crippen LogP contribution in [-0.2, 0) is 4.79 Å². The number of carbonyl (C=O) groups excluding carboxylic acids is 1. The summed E-state index contributed by atoms with van der Waals surface area (Å²) >= 11 is 0. The Balaban J connectivity index is 2.44. The highest BCUT2D eigenvalue weighted by molar-refractivity contribution is 5.81. The second-order valence-electron chi connectivity index (χ2n) is 6.65. The van der Waals surface area contributed by atoms with Gasteiger partial charge >= 0.3 is 0 Å². The van der Waals surface area contributed by atoms with Gasteiger partial charge in [0.05, 0.1) is 6.04 Å². The Morgan fingerprint density at radius 3 is 2.24 bits per heavy atom. The Hall–Kier alpha value is -0.570. The molecule has 3 heteroatoms. The normalized spacial score (nSPS) is 31.3. The van der Waals surface area contributed by atoms with Crippen LogP contribution in [0.4, 0.5) is 0 Å². The predicted octanol–water partition coefficient (Wildman–Crippen LogP) is 2.31. The lowest BCUT2D eigenvalue weighted by atomic mass is 9.97. The minimum Gasteiger partial charge on any atom is -0.350 e. The van der Waals surface area contributed by atoms with Crippen molar-refractivity contribution >= 4 is 5.91 Å². The van der Waals surface area contributed by atoms with E-state index in [4.69, 9.17) is 0 Å². The second-order valence-corrected chi connectivity index (χ2v) is 6.65. The first-order valence-corrected chi connectivity index (χ1v) is 6.79. The van der Waals surface area contributed by atoms with E-state index >= 15 is 0 Å². The molecule has 0 heterocycles. The lowest BCUT2D eigenvalue weighted by Crippen LogP contribution is -2.52. The van der Waals surface area contributed by atoms with Crippen LogP contribution in [0, 0.1) is 11.8 Å². The molecule has 1 rings (SSSR count). The van der Waals surface area contributed by atoms with Crippen molar-refractivity contribution in [1.29, 1.82) is 0 Å². The van der Waals surface area contributed by atoms with Crippen LogP contribution in [0.15, 0.2) is 0 Å². The quantitative estimate of drug-likeness (QED) is 0.795. The zero-order valence-corrected chi connectivity index (χ0v) is 12.1. The average Bonchev–Trinajstić information content (AvgIpc) is 2.47. The molecule has 4 atom stereocenters. The molecule has 2 N–H and O–H groups in total. The van der Waals surface area contributed by atoms with Gasteiger partial charge in [-0.1, -0.05) is 13.8 Å². The van der Waals surface area contributed by atoms with Crippen molar-refractivity contribution in [2.45, 2.75) is 72.0 Å². The fraction of sp³-hybridized carbons (Fsp3) is 0.929. The maximum Gasteiger partial charge on any atom is 0.237 e. The standard InChI is InChI=1S/C14H28N2O/c1-9-7-8-12(10(9)2)15-11(3)13(17)16-14(4,5)6/h9-12,15H,7-8H2,1-6H3,(H,16,17). The summed E-state index contributed by atoms with van der Waals surface area (Å²) in [6, 6.07) is 0.387. The van der Waals surface area contributed by atoms with E-state index in [9.17, 15) is 4.79 Å². The molecule has 17 heavy (non-hydrogen) atoms. The van der Waals surface area contributed by atoms with Crippen LogP contribution in [0.25, 0.3) is 0 Å². The molecule has 100 valence electrons. The van der Waals surface area contributed by atoms with Crippen molar-refractivity contribution in [1.82, 2.24) is 10.6 Å². The van der Waals surface area contributed by atoms with Crippen LogP contribution in [0.3, 0.4) is 0 Å². The van der Waals surface area contributed by atoms with E-state index in [0.29, 0.717) is 12.0 Å². The van der Waals surface area contributed by atoms with E-state index in [1.54, 1.807) is 0 Å². The molecule has 0 aliphatic heterocycles. The maximum atomic E-state index is 12.0. The fourth-order valence-electron chi connectivity index (χ4n) is 2.47. The summed E-state index contributed by atoms with van der Waals surface area (Å²) in [4.78, 5) is 12.0. The van der Waals surface area contributed by atoms with Gasteiger partial charge in [-0.3, -0.25) is 4.79 Å². The van der Waals surface area contributed by atoms with Crippen molar-refractivity contribution in [2.24, 2.45) is 11.8 Å². The van der Waals surface area contributed by atoms with Crippen molar-refractivity contribution in [3.63, 3.8) is 0 Å². The third kappa shape index (κ3) is 4.30. The maximum absolute atomic E-state index is 12.0. The van der Waals surface area contributed by atoms with Crippen molar-refractivity contribution in [3.05, 3.63) is 0 Å². The summed E-state index contributed by atoms with van der Waals surface area (Å²) in [7, 11) is 0. The van der Waals surface area contributed by atoms with Crippen LogP contribution in [0.2, 0.25) is 0 Å². The van der Waals surface area contributed by atoms with Crippen molar-refractivity contribution < 1.29 is 4.79 Å². The molecule has 0 radical (unpaired) electrons. The van der Waals surface area contributed by atoms with Gasteiger partial charge in [0, 0.05) is 11.6 Å². The molecular formula is C14H28N2O. The first kappa shape index (κ1) is 14.5. The van der Waals surface area contributed by atoms with Gasteiger partial charge in [0.1, 0.15) is 0 Å². The van der Waals surface area contributed by atoms with Gasteiger partial charge in [0.2, 0.25) is 5.91 Å². The number of rotatable bonds is 3. The Morgan fingerprint density at radius 2 is 1.82 bits per heavy atom. The number of nitrogens with one attached hydrogen (secondary N) is 2. The first-order valence-electron chi connectivity index (χ1n) is 6.79. The zero-order chi connectivity index (χ0) is 13.2. The van der Waals surface area contributed by atoms with E-state index in [1.165, 1.54) is 12.8 Å². The molecule has 1 aliphatic carbocycles. The van der Waals surface area contributed by atoms with Crippen LogP contribution < -0.4 is 10.6 Å². The summed E-state index contributed by atoms with van der Waals surface area (Å²) in [5.74, 6) is 1.54. The Morgan fingerprint density at radius 1 is 1.24 bits per heavy atom. The number of hydrogen-bond donors (Lipinski definition) is 2. The van der Waals surface area contributed by atoms with E-state index in [0.717, 1.165) is 5.92 Å². The van der Waals surface area contributed by atoms with Crippen molar-refractivity contribution in [2.75, 3.05) is 0 Å². The molecule has 0 aromatic heterocycles. The lowest BCUT2D eigenvalue weighted by molar-refractivity contribution is -0.124. The van der Waals surface area contributed by atoms with Gasteiger partial charge in [-0.25, -0.2) is 0 Å². The third-order valence-corrected chi connectivity index (χ3v) is 3.82. The second kappa shape index (κ2) is 5.38. The van der Waals surface area contributed by atoms with E-state index in [2.05, 4.69) is 24.5 Å². The van der Waals surface area contributed by atoms with Gasteiger partial charge in [-0.05, 0) is 52.4 Å². The highest BCUT2D eigenvalue weighted by Gasteiger charge is 2.31. The molecule has 4 unspecified atom stereocenters. The molecule has 0 aromatic rings. The fourth-order valence-corrected chi connectivity index (χ4v) is 2.47. The molecule has 0 saturated heterocycles. The molecule has 1 amide bonds. The molecule has 3 nitrogen and oxygen atoms in total. The molecule has 1 fully saturated rings. The molecule has 0 aromatic carbocycles. The summed E-state index contributed by atoms with van der Waals surface area (Å²) in [5, 5.41) is 6.49. The van der Waals surface area contributed by atoms with Crippen LogP contribution >= 0.6 is 0 Å². The minimum atomic E-state index is -0.151. The first-order chi connectivity index (χ1) is 7.70. The SMILES string of the molecule is CC(NC1CCC(C)C1C)C(=O)NC(C)(C)C. The summed E-state index contributed by atoms with van der Waals surface area (Å²) in [6.45, 7) is 12.6. The van der Waals surface area contributed by atoms with E-state index in [-0.39, 0.29) is 17.5 Å². The number of carbonyl (C=O) groups is 1. The van der Waals surface area contributed by atoms with Gasteiger partial charge in [-0.15, -0.1) is 0 Å². The van der Waals surface area contributed by atoms with E-state index in [1.807, 2.05) is 27.7 Å². The van der Waals surface area contributed by atoms with Gasteiger partial charge in [-0.2, -0.15) is 0 Å². The summed E-state index contributed by atoms with van der Waals surface area (Å²) < 4.78 is 0. The number of amides is 1. The smallest absolute Gasteiger partial charge is 0.237 e. The highest BCUT2D eigenvalue weighted by atomic mass is 16.2. The molecule has 1 saturated carbocycles. The monoisotopic (exact) mass is 240 g/mol. The highest BCUT2D eigenvalue weighted by Crippen LogP contribution is 2.31. The summed E-state index contributed by atoms with van der Waals surface area (Å²) in [5.41, 5.74) is -0.151. The van der Waals surface area contributed by atoms with E-state index < -0.39 is 0 Å². The Bertz CT molecular complexity index is 270. The van der Waals surface area contributed by atoms with Gasteiger partial charge in [0.15, 0.2) is 0 Å². The van der Waals surface area contributed by atoms with Crippen LogP contribution in [0.1, 0.15) is 54.4 Å². The lowest BCUT2D eigenvalue weighted by Gasteiger charge is -2.27. The molecule has 0 spiro atoms. The largest absolute Gasteiger partial charge is 0.350 e. The summed E-state index contributed by atoms with van der Waals surface area (Å²) in [6.07, 6.45) is 2.46. The number of hydrogen-bond acceptors (Lipinski definition) is 2. The molecule has 1 aliphatic rings. The Kier molecular flexibility index (Phi) is 4.59. The topological polar surface area (TPSA) is 41.1 Å². The molecule has 0 bridgehead atoms. The average molecular weight is 240 g/mol. The van der Waals surface area contributed by atoms with Gasteiger partial charge in [0.25, 0.3) is 0 Å².